The number of amides is 2. The van der Waals surface area contributed by atoms with Gasteiger partial charge in [0.2, 0.25) is 5.91 Å². The summed E-state index contributed by atoms with van der Waals surface area (Å²) >= 11 is 0. The molecule has 0 bridgehead atoms. The second-order valence-electron chi connectivity index (χ2n) is 4.68. The molecule has 2 amide bonds. The van der Waals surface area contributed by atoms with Crippen molar-refractivity contribution in [1.82, 2.24) is 5.48 Å². The lowest BCUT2D eigenvalue weighted by atomic mass is 9.87. The van der Waals surface area contributed by atoms with Crippen LogP contribution in [-0.2, 0) is 4.79 Å². The minimum Gasteiger partial charge on any atom is -0.366 e. The summed E-state index contributed by atoms with van der Waals surface area (Å²) in [5.41, 5.74) is 8.97. The maximum absolute atomic E-state index is 11.6. The van der Waals surface area contributed by atoms with E-state index in [0.29, 0.717) is 11.1 Å². The smallest absolute Gasteiger partial charge is 0.267 e. The van der Waals surface area contributed by atoms with Crippen molar-refractivity contribution in [1.29, 1.82) is 0 Å². The molecular formula is C17H16N2O3. The van der Waals surface area contributed by atoms with Gasteiger partial charge in [0.05, 0.1) is 0 Å². The van der Waals surface area contributed by atoms with Crippen molar-refractivity contribution in [2.75, 3.05) is 0 Å². The highest BCUT2D eigenvalue weighted by molar-refractivity contribution is 5.95. The Morgan fingerprint density at radius 3 is 2.32 bits per heavy atom. The largest absolute Gasteiger partial charge is 0.366 e. The molecule has 4 N–H and O–H groups in total. The average molecular weight is 296 g/mol. The third kappa shape index (κ3) is 3.59. The number of allylic oxidation sites excluding steroid dienone is 1. The highest BCUT2D eigenvalue weighted by Crippen LogP contribution is 2.28. The Kier molecular flexibility index (Phi) is 5.06. The molecule has 0 aliphatic heterocycles. The van der Waals surface area contributed by atoms with Crippen LogP contribution in [0.3, 0.4) is 0 Å². The van der Waals surface area contributed by atoms with E-state index in [-0.39, 0.29) is 5.92 Å². The van der Waals surface area contributed by atoms with Crippen LogP contribution in [0.1, 0.15) is 27.4 Å². The monoisotopic (exact) mass is 296 g/mol. The van der Waals surface area contributed by atoms with E-state index in [4.69, 9.17) is 10.9 Å². The number of hydroxylamine groups is 1. The van der Waals surface area contributed by atoms with Gasteiger partial charge in [-0.05, 0) is 17.2 Å². The molecule has 5 nitrogen and oxygen atoms in total. The molecule has 0 aliphatic carbocycles. The second kappa shape index (κ2) is 7.19. The van der Waals surface area contributed by atoms with E-state index in [2.05, 4.69) is 0 Å². The minimum absolute atomic E-state index is 0.331. The van der Waals surface area contributed by atoms with Crippen molar-refractivity contribution in [3.8, 4) is 0 Å². The van der Waals surface area contributed by atoms with Crippen LogP contribution in [0.5, 0.6) is 0 Å². The van der Waals surface area contributed by atoms with Gasteiger partial charge in [0.1, 0.15) is 0 Å². The van der Waals surface area contributed by atoms with Crippen molar-refractivity contribution in [3.63, 3.8) is 0 Å². The van der Waals surface area contributed by atoms with Crippen LogP contribution in [0, 0.1) is 0 Å². The Balaban J connectivity index is 2.52. The molecule has 2 aromatic rings. The zero-order valence-corrected chi connectivity index (χ0v) is 11.8. The molecule has 1 atom stereocenters. The molecule has 0 saturated heterocycles. The molecule has 0 radical (unpaired) electrons. The molecule has 112 valence electrons. The summed E-state index contributed by atoms with van der Waals surface area (Å²) in [6.45, 7) is 0. The molecule has 0 spiro atoms. The van der Waals surface area contributed by atoms with Crippen molar-refractivity contribution < 1.29 is 14.8 Å². The van der Waals surface area contributed by atoms with Gasteiger partial charge in [0, 0.05) is 17.6 Å². The molecule has 2 aromatic carbocycles. The third-order valence-corrected chi connectivity index (χ3v) is 3.27. The number of primary amides is 1. The van der Waals surface area contributed by atoms with E-state index in [1.807, 2.05) is 30.3 Å². The fourth-order valence-corrected chi connectivity index (χ4v) is 2.27. The number of hydrogen-bond donors (Lipinski definition) is 3. The van der Waals surface area contributed by atoms with Gasteiger partial charge in [-0.25, -0.2) is 5.48 Å². The fourth-order valence-electron chi connectivity index (χ4n) is 2.27. The molecule has 2 rings (SSSR count). The quantitative estimate of drug-likeness (QED) is 0.447. The van der Waals surface area contributed by atoms with Gasteiger partial charge in [0.15, 0.2) is 0 Å². The van der Waals surface area contributed by atoms with Crippen molar-refractivity contribution in [2.24, 2.45) is 5.73 Å². The van der Waals surface area contributed by atoms with Gasteiger partial charge >= 0.3 is 0 Å². The SMILES string of the molecule is NC(=O)c1ccccc1C(C=CC(=O)NO)c1ccccc1. The van der Waals surface area contributed by atoms with Crippen molar-refractivity contribution in [3.05, 3.63) is 83.4 Å². The van der Waals surface area contributed by atoms with E-state index in [9.17, 15) is 9.59 Å². The molecule has 0 fully saturated rings. The van der Waals surface area contributed by atoms with Crippen molar-refractivity contribution in [2.45, 2.75) is 5.92 Å². The number of carbonyl (C=O) groups is 2. The zero-order chi connectivity index (χ0) is 15.9. The molecule has 22 heavy (non-hydrogen) atoms. The highest BCUT2D eigenvalue weighted by Gasteiger charge is 2.17. The highest BCUT2D eigenvalue weighted by atomic mass is 16.5. The number of nitrogens with two attached hydrogens (primary N) is 1. The van der Waals surface area contributed by atoms with Gasteiger partial charge in [-0.1, -0.05) is 54.6 Å². The topological polar surface area (TPSA) is 92.4 Å². The molecule has 1 unspecified atom stereocenters. The van der Waals surface area contributed by atoms with E-state index in [0.717, 1.165) is 5.56 Å². The van der Waals surface area contributed by atoms with Crippen LogP contribution >= 0.6 is 0 Å². The number of rotatable bonds is 5. The first-order chi connectivity index (χ1) is 10.6. The van der Waals surface area contributed by atoms with Crippen LogP contribution in [0.2, 0.25) is 0 Å². The lowest BCUT2D eigenvalue weighted by molar-refractivity contribution is -0.124. The molecular weight excluding hydrogens is 280 g/mol. The molecule has 5 heteroatoms. The maximum atomic E-state index is 11.6. The van der Waals surface area contributed by atoms with Gasteiger partial charge in [-0.3, -0.25) is 14.8 Å². The number of hydrogen-bond acceptors (Lipinski definition) is 3. The first kappa shape index (κ1) is 15.5. The molecule has 0 saturated carbocycles. The van der Waals surface area contributed by atoms with Gasteiger partial charge < -0.3 is 5.73 Å². The van der Waals surface area contributed by atoms with Crippen LogP contribution in [0.25, 0.3) is 0 Å². The summed E-state index contributed by atoms with van der Waals surface area (Å²) < 4.78 is 0. The summed E-state index contributed by atoms with van der Waals surface area (Å²) in [4.78, 5) is 22.9. The predicted molar refractivity (Wildman–Crippen MR) is 82.3 cm³/mol. The average Bonchev–Trinajstić information content (AvgIpc) is 2.56. The third-order valence-electron chi connectivity index (χ3n) is 3.27. The second-order valence-corrected chi connectivity index (χ2v) is 4.68. The molecule has 0 heterocycles. The minimum atomic E-state index is -0.641. The summed E-state index contributed by atoms with van der Waals surface area (Å²) in [5, 5.41) is 8.61. The van der Waals surface area contributed by atoms with E-state index >= 15 is 0 Å². The standard InChI is InChI=1S/C17H16N2O3/c18-17(21)15-9-5-4-8-14(15)13(10-11-16(20)19-22)12-6-2-1-3-7-12/h1-11,13,22H,(H2,18,21)(H,19,20). The lowest BCUT2D eigenvalue weighted by Gasteiger charge is -2.16. The van der Waals surface area contributed by atoms with E-state index < -0.39 is 11.8 Å². The fraction of sp³-hybridized carbons (Fsp3) is 0.0588. The Hall–Kier alpha value is -2.92. The Bertz CT molecular complexity index is 696. The molecule has 0 aromatic heterocycles. The first-order valence-electron chi connectivity index (χ1n) is 6.69. The van der Waals surface area contributed by atoms with Crippen molar-refractivity contribution >= 4 is 11.8 Å². The Morgan fingerprint density at radius 1 is 1.05 bits per heavy atom. The maximum Gasteiger partial charge on any atom is 0.267 e. The lowest BCUT2D eigenvalue weighted by Crippen LogP contribution is -2.17. The predicted octanol–water partition coefficient (Wildman–Crippen LogP) is 1.98. The van der Waals surface area contributed by atoms with E-state index in [1.165, 1.54) is 6.08 Å². The first-order valence-corrected chi connectivity index (χ1v) is 6.69. The van der Waals surface area contributed by atoms with Gasteiger partial charge in [0.25, 0.3) is 5.91 Å². The number of carbonyl (C=O) groups excluding carboxylic acids is 2. The summed E-state index contributed by atoms with van der Waals surface area (Å²) in [7, 11) is 0. The zero-order valence-electron chi connectivity index (χ0n) is 11.8. The van der Waals surface area contributed by atoms with Crippen LogP contribution in [0.4, 0.5) is 0 Å². The number of nitrogens with one attached hydrogen (secondary N) is 1. The van der Waals surface area contributed by atoms with E-state index in [1.54, 1.807) is 35.8 Å². The Labute approximate surface area is 128 Å². The summed E-state index contributed by atoms with van der Waals surface area (Å²) in [6.07, 6.45) is 2.83. The van der Waals surface area contributed by atoms with Gasteiger partial charge in [-0.15, -0.1) is 0 Å². The Morgan fingerprint density at radius 2 is 1.68 bits per heavy atom. The number of benzene rings is 2. The van der Waals surface area contributed by atoms with Crippen LogP contribution in [0.15, 0.2) is 66.7 Å². The van der Waals surface area contributed by atoms with Crippen LogP contribution in [-0.4, -0.2) is 17.0 Å². The normalized spacial score (nSPS) is 12.0. The summed E-state index contributed by atoms with van der Waals surface area (Å²) in [6, 6.07) is 16.4. The van der Waals surface area contributed by atoms with Crippen LogP contribution < -0.4 is 11.2 Å². The molecule has 0 aliphatic rings. The van der Waals surface area contributed by atoms with Gasteiger partial charge in [-0.2, -0.15) is 0 Å². The summed E-state index contributed by atoms with van der Waals surface area (Å²) in [5.74, 6) is -1.50.